The summed E-state index contributed by atoms with van der Waals surface area (Å²) in [6.45, 7) is 0. The van der Waals surface area contributed by atoms with E-state index in [9.17, 15) is 13.6 Å². The normalized spacial score (nSPS) is 10.8. The van der Waals surface area contributed by atoms with E-state index in [0.717, 1.165) is 18.2 Å². The van der Waals surface area contributed by atoms with E-state index in [1.54, 1.807) is 0 Å². The van der Waals surface area contributed by atoms with Crippen LogP contribution in [-0.4, -0.2) is 5.91 Å². The highest BCUT2D eigenvalue weighted by Crippen LogP contribution is 2.20. The van der Waals surface area contributed by atoms with E-state index in [1.165, 1.54) is 6.08 Å². The molecule has 0 unspecified atom stereocenters. The monoisotopic (exact) mass is 217 g/mol. The van der Waals surface area contributed by atoms with Gasteiger partial charge in [0, 0.05) is 6.08 Å². The van der Waals surface area contributed by atoms with Gasteiger partial charge in [0.25, 0.3) is 0 Å². The third-order valence-corrected chi connectivity index (χ3v) is 1.81. The van der Waals surface area contributed by atoms with Crippen molar-refractivity contribution in [3.8, 4) is 0 Å². The molecule has 2 N–H and O–H groups in total. The molecule has 1 aromatic carbocycles. The van der Waals surface area contributed by atoms with Crippen LogP contribution in [0, 0.1) is 11.6 Å². The Morgan fingerprint density at radius 3 is 2.29 bits per heavy atom. The van der Waals surface area contributed by atoms with E-state index in [4.69, 9.17) is 17.3 Å². The molecule has 0 atom stereocenters. The van der Waals surface area contributed by atoms with Crippen LogP contribution in [0.4, 0.5) is 8.78 Å². The van der Waals surface area contributed by atoms with Crippen molar-refractivity contribution in [1.82, 2.24) is 0 Å². The van der Waals surface area contributed by atoms with Crippen LogP contribution in [0.3, 0.4) is 0 Å². The molecule has 0 radical (unpaired) electrons. The topological polar surface area (TPSA) is 43.1 Å². The number of amides is 1. The number of benzene rings is 1. The highest BCUT2D eigenvalue weighted by atomic mass is 35.5. The summed E-state index contributed by atoms with van der Waals surface area (Å²) in [5.41, 5.74) is 4.99. The minimum Gasteiger partial charge on any atom is -0.366 e. The first-order chi connectivity index (χ1) is 6.50. The molecule has 0 aliphatic carbocycles. The van der Waals surface area contributed by atoms with E-state index < -0.39 is 22.6 Å². The maximum Gasteiger partial charge on any atom is 0.241 e. The summed E-state index contributed by atoms with van der Waals surface area (Å²) in [5, 5.41) is -0.568. The lowest BCUT2D eigenvalue weighted by Gasteiger charge is -1.98. The van der Waals surface area contributed by atoms with Gasteiger partial charge in [-0.25, -0.2) is 8.78 Å². The Morgan fingerprint density at radius 2 is 1.86 bits per heavy atom. The molecule has 0 saturated heterocycles. The van der Waals surface area contributed by atoms with E-state index in [0.29, 0.717) is 0 Å². The van der Waals surface area contributed by atoms with Crippen molar-refractivity contribution < 1.29 is 13.6 Å². The standard InChI is InChI=1S/C9H6ClF2NO/c10-9-6(11)3-5(4-7(9)12)1-2-8(13)14/h1-4H,(H2,13,14). The smallest absolute Gasteiger partial charge is 0.241 e. The molecule has 0 aliphatic rings. The van der Waals surface area contributed by atoms with Crippen molar-refractivity contribution in [3.05, 3.63) is 40.4 Å². The maximum absolute atomic E-state index is 12.8. The van der Waals surface area contributed by atoms with Crippen LogP contribution in [0.5, 0.6) is 0 Å². The number of rotatable bonds is 2. The van der Waals surface area contributed by atoms with Crippen LogP contribution >= 0.6 is 11.6 Å². The molecule has 2 nitrogen and oxygen atoms in total. The number of hydrogen-bond acceptors (Lipinski definition) is 1. The van der Waals surface area contributed by atoms with Crippen LogP contribution in [0.2, 0.25) is 5.02 Å². The Bertz CT molecular complexity index is 381. The van der Waals surface area contributed by atoms with Gasteiger partial charge < -0.3 is 5.73 Å². The molecule has 0 saturated carbocycles. The highest BCUT2D eigenvalue weighted by molar-refractivity contribution is 6.30. The highest BCUT2D eigenvalue weighted by Gasteiger charge is 2.06. The fraction of sp³-hybridized carbons (Fsp3) is 0. The molecule has 0 heterocycles. The van der Waals surface area contributed by atoms with Gasteiger partial charge in [0.15, 0.2) is 0 Å². The van der Waals surface area contributed by atoms with Crippen LogP contribution in [0.1, 0.15) is 5.56 Å². The van der Waals surface area contributed by atoms with Crippen molar-refractivity contribution in [2.45, 2.75) is 0 Å². The lowest BCUT2D eigenvalue weighted by Crippen LogP contribution is -2.05. The van der Waals surface area contributed by atoms with Gasteiger partial charge in [0.05, 0.1) is 0 Å². The molecule has 5 heteroatoms. The van der Waals surface area contributed by atoms with Gasteiger partial charge in [-0.1, -0.05) is 11.6 Å². The Hall–Kier alpha value is -1.42. The molecule has 0 spiro atoms. The summed E-state index contributed by atoms with van der Waals surface area (Å²) in [6, 6.07) is 2.01. The molecular weight excluding hydrogens is 212 g/mol. The molecule has 0 fully saturated rings. The fourth-order valence-electron chi connectivity index (χ4n) is 0.850. The van der Waals surface area contributed by atoms with Gasteiger partial charge >= 0.3 is 0 Å². The lowest BCUT2D eigenvalue weighted by molar-refractivity contribution is -0.113. The minimum absolute atomic E-state index is 0.184. The number of nitrogens with two attached hydrogens (primary N) is 1. The first kappa shape index (κ1) is 10.7. The Morgan fingerprint density at radius 1 is 1.36 bits per heavy atom. The zero-order chi connectivity index (χ0) is 10.7. The summed E-state index contributed by atoms with van der Waals surface area (Å²) in [6.07, 6.45) is 2.20. The summed E-state index contributed by atoms with van der Waals surface area (Å²) in [7, 11) is 0. The minimum atomic E-state index is -0.879. The van der Waals surface area contributed by atoms with Gasteiger partial charge in [-0.2, -0.15) is 0 Å². The Balaban J connectivity index is 3.07. The van der Waals surface area contributed by atoms with E-state index in [2.05, 4.69) is 0 Å². The first-order valence-corrected chi connectivity index (χ1v) is 4.00. The third-order valence-electron chi connectivity index (χ3n) is 1.45. The zero-order valence-corrected chi connectivity index (χ0v) is 7.68. The zero-order valence-electron chi connectivity index (χ0n) is 6.93. The van der Waals surface area contributed by atoms with Crippen molar-refractivity contribution in [3.63, 3.8) is 0 Å². The molecule has 0 aromatic heterocycles. The number of hydrogen-bond donors (Lipinski definition) is 1. The average molecular weight is 218 g/mol. The van der Waals surface area contributed by atoms with Gasteiger partial charge in [0.2, 0.25) is 5.91 Å². The first-order valence-electron chi connectivity index (χ1n) is 3.63. The van der Waals surface area contributed by atoms with E-state index >= 15 is 0 Å². The predicted molar refractivity (Wildman–Crippen MR) is 49.6 cm³/mol. The van der Waals surface area contributed by atoms with Gasteiger partial charge in [-0.3, -0.25) is 4.79 Å². The number of halogens is 3. The number of carbonyl (C=O) groups is 1. The summed E-state index contributed by atoms with van der Waals surface area (Å²) in [4.78, 5) is 10.3. The molecule has 74 valence electrons. The van der Waals surface area contributed by atoms with Crippen molar-refractivity contribution in [2.24, 2.45) is 5.73 Å². The fourth-order valence-corrected chi connectivity index (χ4v) is 0.959. The summed E-state index contributed by atoms with van der Waals surface area (Å²) in [5.74, 6) is -2.45. The third kappa shape index (κ3) is 2.53. The molecule has 14 heavy (non-hydrogen) atoms. The number of carbonyl (C=O) groups excluding carboxylic acids is 1. The second-order valence-corrected chi connectivity index (χ2v) is 2.91. The molecule has 0 bridgehead atoms. The van der Waals surface area contributed by atoms with Crippen molar-refractivity contribution >= 4 is 23.6 Å². The quantitative estimate of drug-likeness (QED) is 0.599. The van der Waals surface area contributed by atoms with Crippen LogP contribution < -0.4 is 5.73 Å². The second kappa shape index (κ2) is 4.19. The van der Waals surface area contributed by atoms with Gasteiger partial charge in [-0.15, -0.1) is 0 Å². The SMILES string of the molecule is NC(=O)C=Cc1cc(F)c(Cl)c(F)c1. The summed E-state index contributed by atoms with van der Waals surface area (Å²) >= 11 is 5.25. The molecule has 1 aromatic rings. The van der Waals surface area contributed by atoms with Crippen molar-refractivity contribution in [2.75, 3.05) is 0 Å². The summed E-state index contributed by atoms with van der Waals surface area (Å²) < 4.78 is 25.7. The van der Waals surface area contributed by atoms with Gasteiger partial charge in [-0.05, 0) is 23.8 Å². The van der Waals surface area contributed by atoms with Crippen molar-refractivity contribution in [1.29, 1.82) is 0 Å². The van der Waals surface area contributed by atoms with E-state index in [1.807, 2.05) is 0 Å². The lowest BCUT2D eigenvalue weighted by atomic mass is 10.2. The van der Waals surface area contributed by atoms with E-state index in [-0.39, 0.29) is 5.56 Å². The molecule has 1 amide bonds. The molecule has 0 aliphatic heterocycles. The Kier molecular flexibility index (Phi) is 3.19. The second-order valence-electron chi connectivity index (χ2n) is 2.53. The molecule has 1 rings (SSSR count). The number of primary amides is 1. The largest absolute Gasteiger partial charge is 0.366 e. The molecular formula is C9H6ClF2NO. The maximum atomic E-state index is 12.8. The Labute approximate surface area is 84.0 Å². The van der Waals surface area contributed by atoms with Crippen LogP contribution in [0.15, 0.2) is 18.2 Å². The average Bonchev–Trinajstić information content (AvgIpc) is 2.10. The van der Waals surface area contributed by atoms with Crippen LogP contribution in [0.25, 0.3) is 6.08 Å². The van der Waals surface area contributed by atoms with Crippen LogP contribution in [-0.2, 0) is 4.79 Å². The predicted octanol–water partition coefficient (Wildman–Crippen LogP) is 2.12. The van der Waals surface area contributed by atoms with Gasteiger partial charge in [0.1, 0.15) is 16.7 Å².